The van der Waals surface area contributed by atoms with Gasteiger partial charge in [0.1, 0.15) is 12.4 Å². The molecular weight excluding hydrogens is 318 g/mol. The lowest BCUT2D eigenvalue weighted by molar-refractivity contribution is -0.144. The Balaban J connectivity index is 1.94. The molecule has 0 saturated heterocycles. The fourth-order valence-electron chi connectivity index (χ4n) is 2.46. The average Bonchev–Trinajstić information content (AvgIpc) is 2.65. The van der Waals surface area contributed by atoms with Gasteiger partial charge in [0.2, 0.25) is 5.91 Å². The topological polar surface area (TPSA) is 64.6 Å². The van der Waals surface area contributed by atoms with Gasteiger partial charge in [0, 0.05) is 24.6 Å². The molecule has 0 heterocycles. The molecule has 1 atom stereocenters. The second kappa shape index (κ2) is 9.67. The van der Waals surface area contributed by atoms with Gasteiger partial charge in [0.15, 0.2) is 0 Å². The number of rotatable bonds is 9. The first-order chi connectivity index (χ1) is 12.1. The second-order valence-electron chi connectivity index (χ2n) is 5.77. The zero-order valence-electron chi connectivity index (χ0n) is 14.8. The van der Waals surface area contributed by atoms with E-state index in [4.69, 9.17) is 9.47 Å². The van der Waals surface area contributed by atoms with Crippen molar-refractivity contribution in [3.8, 4) is 5.75 Å². The molecule has 0 aliphatic heterocycles. The van der Waals surface area contributed by atoms with E-state index in [1.165, 1.54) is 0 Å². The van der Waals surface area contributed by atoms with Crippen LogP contribution in [0.15, 0.2) is 42.5 Å². The van der Waals surface area contributed by atoms with Crippen LogP contribution in [0, 0.1) is 0 Å². The summed E-state index contributed by atoms with van der Waals surface area (Å²) in [6, 6.07) is 13.7. The third kappa shape index (κ3) is 5.78. The molecule has 0 aliphatic rings. The molecule has 0 fully saturated rings. The Labute approximate surface area is 148 Å². The summed E-state index contributed by atoms with van der Waals surface area (Å²) in [6.07, 6.45) is 1.27. The number of carbonyl (C=O) groups excluding carboxylic acids is 2. The van der Waals surface area contributed by atoms with Crippen LogP contribution < -0.4 is 10.1 Å². The van der Waals surface area contributed by atoms with E-state index in [2.05, 4.69) is 5.32 Å². The fourth-order valence-corrected chi connectivity index (χ4v) is 2.46. The average molecular weight is 343 g/mol. The molecule has 2 rings (SSSR count). The van der Waals surface area contributed by atoms with Crippen molar-refractivity contribution in [3.05, 3.63) is 42.5 Å². The van der Waals surface area contributed by atoms with Crippen LogP contribution in [0.4, 0.5) is 0 Å². The lowest BCUT2D eigenvalue weighted by Crippen LogP contribution is -2.39. The Morgan fingerprint density at radius 1 is 1.04 bits per heavy atom. The van der Waals surface area contributed by atoms with Crippen molar-refractivity contribution in [2.45, 2.75) is 39.2 Å². The highest BCUT2D eigenvalue weighted by Crippen LogP contribution is 2.25. The van der Waals surface area contributed by atoms with Crippen LogP contribution in [0.1, 0.15) is 33.1 Å². The minimum absolute atomic E-state index is 0.0669. The maximum Gasteiger partial charge on any atom is 0.305 e. The Hall–Kier alpha value is -2.56. The Morgan fingerprint density at radius 3 is 2.56 bits per heavy atom. The molecule has 0 aromatic heterocycles. The lowest BCUT2D eigenvalue weighted by atomic mass is 10.1. The normalized spacial score (nSPS) is 11.8. The van der Waals surface area contributed by atoms with Gasteiger partial charge in [-0.25, -0.2) is 0 Å². The third-order valence-electron chi connectivity index (χ3n) is 3.89. The van der Waals surface area contributed by atoms with Gasteiger partial charge >= 0.3 is 5.97 Å². The molecule has 134 valence electrons. The molecule has 2 aromatic rings. The molecule has 5 nitrogen and oxygen atoms in total. The predicted octanol–water partition coefficient (Wildman–Crippen LogP) is 3.46. The van der Waals surface area contributed by atoms with E-state index in [-0.39, 0.29) is 24.5 Å². The standard InChI is InChI=1S/C20H25NO4/c1-3-19(22)21-16(14-25-20(23)4-2)12-13-24-18-11-7-9-15-8-5-6-10-17(15)18/h5-11,16H,3-4,12-14H2,1-2H3,(H,21,22). The van der Waals surface area contributed by atoms with Crippen LogP contribution in [0.25, 0.3) is 10.8 Å². The molecule has 0 bridgehead atoms. The van der Waals surface area contributed by atoms with E-state index in [1.807, 2.05) is 42.5 Å². The highest BCUT2D eigenvalue weighted by molar-refractivity contribution is 5.88. The monoisotopic (exact) mass is 343 g/mol. The van der Waals surface area contributed by atoms with E-state index in [0.29, 0.717) is 25.9 Å². The van der Waals surface area contributed by atoms with Gasteiger partial charge in [-0.3, -0.25) is 9.59 Å². The Kier molecular flexibility index (Phi) is 7.26. The summed E-state index contributed by atoms with van der Waals surface area (Å²) in [5.41, 5.74) is 0. The fraction of sp³-hybridized carbons (Fsp3) is 0.400. The predicted molar refractivity (Wildman–Crippen MR) is 97.5 cm³/mol. The van der Waals surface area contributed by atoms with E-state index in [9.17, 15) is 9.59 Å². The van der Waals surface area contributed by atoms with Crippen LogP contribution in [-0.2, 0) is 14.3 Å². The number of carbonyl (C=O) groups is 2. The van der Waals surface area contributed by atoms with Gasteiger partial charge in [-0.2, -0.15) is 0 Å². The van der Waals surface area contributed by atoms with Crippen molar-refractivity contribution in [1.29, 1.82) is 0 Å². The zero-order valence-corrected chi connectivity index (χ0v) is 14.8. The number of hydrogen-bond donors (Lipinski definition) is 1. The Morgan fingerprint density at radius 2 is 1.80 bits per heavy atom. The van der Waals surface area contributed by atoms with Gasteiger partial charge < -0.3 is 14.8 Å². The Bertz CT molecular complexity index is 708. The van der Waals surface area contributed by atoms with E-state index < -0.39 is 0 Å². The van der Waals surface area contributed by atoms with Crippen molar-refractivity contribution in [1.82, 2.24) is 5.32 Å². The number of ether oxygens (including phenoxy) is 2. The summed E-state index contributed by atoms with van der Waals surface area (Å²) in [5.74, 6) is 0.470. The van der Waals surface area contributed by atoms with Crippen LogP contribution in [0.5, 0.6) is 5.75 Å². The van der Waals surface area contributed by atoms with Gasteiger partial charge in [0.25, 0.3) is 0 Å². The zero-order chi connectivity index (χ0) is 18.1. The van der Waals surface area contributed by atoms with Crippen molar-refractivity contribution in [2.24, 2.45) is 0 Å². The number of benzene rings is 2. The summed E-state index contributed by atoms with van der Waals surface area (Å²) >= 11 is 0. The second-order valence-corrected chi connectivity index (χ2v) is 5.77. The van der Waals surface area contributed by atoms with Gasteiger partial charge in [0.05, 0.1) is 12.6 Å². The van der Waals surface area contributed by atoms with Crippen LogP contribution in [-0.4, -0.2) is 31.1 Å². The van der Waals surface area contributed by atoms with Gasteiger partial charge in [-0.05, 0) is 11.5 Å². The molecule has 1 unspecified atom stereocenters. The number of fused-ring (bicyclic) bond motifs is 1. The van der Waals surface area contributed by atoms with Crippen molar-refractivity contribution >= 4 is 22.6 Å². The first-order valence-corrected chi connectivity index (χ1v) is 8.69. The molecule has 2 aromatic carbocycles. The van der Waals surface area contributed by atoms with Gasteiger partial charge in [-0.1, -0.05) is 50.2 Å². The summed E-state index contributed by atoms with van der Waals surface area (Å²) in [6.45, 7) is 4.12. The van der Waals surface area contributed by atoms with E-state index in [1.54, 1.807) is 13.8 Å². The minimum atomic E-state index is -0.272. The lowest BCUT2D eigenvalue weighted by Gasteiger charge is -2.19. The quantitative estimate of drug-likeness (QED) is 0.708. The van der Waals surface area contributed by atoms with Crippen LogP contribution in [0.2, 0.25) is 0 Å². The molecule has 5 heteroatoms. The summed E-state index contributed by atoms with van der Waals surface area (Å²) < 4.78 is 11.1. The summed E-state index contributed by atoms with van der Waals surface area (Å²) in [5, 5.41) is 5.04. The largest absolute Gasteiger partial charge is 0.493 e. The molecule has 1 N–H and O–H groups in total. The van der Waals surface area contributed by atoms with Gasteiger partial charge in [-0.15, -0.1) is 0 Å². The third-order valence-corrected chi connectivity index (χ3v) is 3.89. The van der Waals surface area contributed by atoms with Crippen molar-refractivity contribution < 1.29 is 19.1 Å². The minimum Gasteiger partial charge on any atom is -0.493 e. The molecule has 0 aliphatic carbocycles. The first-order valence-electron chi connectivity index (χ1n) is 8.69. The summed E-state index contributed by atoms with van der Waals surface area (Å²) in [4.78, 5) is 23.0. The summed E-state index contributed by atoms with van der Waals surface area (Å²) in [7, 11) is 0. The van der Waals surface area contributed by atoms with Crippen molar-refractivity contribution in [3.63, 3.8) is 0 Å². The number of esters is 1. The van der Waals surface area contributed by atoms with Crippen LogP contribution in [0.3, 0.4) is 0 Å². The maximum absolute atomic E-state index is 11.7. The van der Waals surface area contributed by atoms with E-state index in [0.717, 1.165) is 16.5 Å². The highest BCUT2D eigenvalue weighted by Gasteiger charge is 2.14. The SMILES string of the molecule is CCC(=O)NC(CCOc1cccc2ccccc12)COC(=O)CC. The molecule has 0 radical (unpaired) electrons. The molecule has 0 spiro atoms. The first kappa shape index (κ1) is 18.8. The number of nitrogens with one attached hydrogen (secondary N) is 1. The molecular formula is C20H25NO4. The molecule has 0 saturated carbocycles. The number of hydrogen-bond acceptors (Lipinski definition) is 4. The highest BCUT2D eigenvalue weighted by atomic mass is 16.5. The van der Waals surface area contributed by atoms with Crippen LogP contribution >= 0.6 is 0 Å². The van der Waals surface area contributed by atoms with Crippen molar-refractivity contribution in [2.75, 3.05) is 13.2 Å². The smallest absolute Gasteiger partial charge is 0.305 e. The van der Waals surface area contributed by atoms with E-state index >= 15 is 0 Å². The molecule has 1 amide bonds. The maximum atomic E-state index is 11.7. The number of amides is 1. The molecule has 25 heavy (non-hydrogen) atoms.